The molecular formula is C13H17ClN4. The van der Waals surface area contributed by atoms with Gasteiger partial charge in [-0.3, -0.25) is 0 Å². The van der Waals surface area contributed by atoms with Crippen molar-refractivity contribution >= 4 is 17.3 Å². The van der Waals surface area contributed by atoms with Gasteiger partial charge in [-0.25, -0.2) is 0 Å². The summed E-state index contributed by atoms with van der Waals surface area (Å²) < 4.78 is 2.01. The van der Waals surface area contributed by atoms with Crippen LogP contribution < -0.4 is 4.90 Å². The van der Waals surface area contributed by atoms with Crippen LogP contribution in [0, 0.1) is 0 Å². The van der Waals surface area contributed by atoms with Gasteiger partial charge in [0.1, 0.15) is 12.2 Å². The summed E-state index contributed by atoms with van der Waals surface area (Å²) in [6.07, 6.45) is 2.77. The number of anilines is 1. The van der Waals surface area contributed by atoms with Gasteiger partial charge in [0.15, 0.2) is 0 Å². The Kier molecular flexibility index (Phi) is 4.59. The molecule has 0 saturated heterocycles. The van der Waals surface area contributed by atoms with E-state index in [2.05, 4.69) is 46.4 Å². The van der Waals surface area contributed by atoms with E-state index in [4.69, 9.17) is 11.6 Å². The molecule has 0 amide bonds. The van der Waals surface area contributed by atoms with Crippen molar-refractivity contribution in [1.29, 1.82) is 0 Å². The highest BCUT2D eigenvalue weighted by atomic mass is 35.5. The number of hydrogen-bond donors (Lipinski definition) is 0. The van der Waals surface area contributed by atoms with E-state index in [1.165, 1.54) is 5.69 Å². The Morgan fingerprint density at radius 1 is 1.28 bits per heavy atom. The van der Waals surface area contributed by atoms with Crippen LogP contribution in [-0.2, 0) is 12.4 Å². The molecule has 2 rings (SSSR count). The normalized spacial score (nSPS) is 10.6. The minimum absolute atomic E-state index is 0.411. The number of para-hydroxylation sites is 1. The highest BCUT2D eigenvalue weighted by Gasteiger charge is 2.03. The number of nitrogens with zero attached hydrogens (tertiary/aromatic N) is 4. The second-order valence-electron chi connectivity index (χ2n) is 4.18. The van der Waals surface area contributed by atoms with E-state index in [0.717, 1.165) is 25.3 Å². The predicted octanol–water partition coefficient (Wildman–Crippen LogP) is 2.54. The van der Waals surface area contributed by atoms with Crippen molar-refractivity contribution < 1.29 is 0 Å². The summed E-state index contributed by atoms with van der Waals surface area (Å²) in [5.41, 5.74) is 1.24. The third-order valence-corrected chi connectivity index (χ3v) is 3.14. The van der Waals surface area contributed by atoms with E-state index in [0.29, 0.717) is 5.88 Å². The van der Waals surface area contributed by atoms with Crippen LogP contribution in [-0.4, -0.2) is 28.4 Å². The molecule has 1 aromatic heterocycles. The van der Waals surface area contributed by atoms with Crippen LogP contribution in [0.15, 0.2) is 36.7 Å². The zero-order valence-electron chi connectivity index (χ0n) is 10.5. The van der Waals surface area contributed by atoms with Crippen LogP contribution in [0.3, 0.4) is 0 Å². The second kappa shape index (κ2) is 6.40. The van der Waals surface area contributed by atoms with Crippen molar-refractivity contribution in [3.05, 3.63) is 42.5 Å². The molecule has 0 aliphatic carbocycles. The Hall–Kier alpha value is -1.55. The molecule has 4 nitrogen and oxygen atoms in total. The molecule has 0 spiro atoms. The maximum Gasteiger partial charge on any atom is 0.147 e. The molecule has 0 N–H and O–H groups in total. The SMILES string of the molecule is CN(CCCn1cnnc1CCl)c1ccccc1. The van der Waals surface area contributed by atoms with Gasteiger partial charge in [-0.05, 0) is 18.6 Å². The van der Waals surface area contributed by atoms with Gasteiger partial charge in [0.25, 0.3) is 0 Å². The topological polar surface area (TPSA) is 34.0 Å². The maximum absolute atomic E-state index is 5.78. The molecular weight excluding hydrogens is 248 g/mol. The number of benzene rings is 1. The number of halogens is 1. The van der Waals surface area contributed by atoms with Gasteiger partial charge in [0.2, 0.25) is 0 Å². The predicted molar refractivity (Wildman–Crippen MR) is 73.9 cm³/mol. The van der Waals surface area contributed by atoms with E-state index >= 15 is 0 Å². The molecule has 0 aliphatic rings. The summed E-state index contributed by atoms with van der Waals surface area (Å²) in [5, 5.41) is 7.82. The summed E-state index contributed by atoms with van der Waals surface area (Å²) >= 11 is 5.78. The Balaban J connectivity index is 1.82. The molecule has 1 aromatic carbocycles. The van der Waals surface area contributed by atoms with Crippen LogP contribution in [0.25, 0.3) is 0 Å². The maximum atomic E-state index is 5.78. The molecule has 0 radical (unpaired) electrons. The van der Waals surface area contributed by atoms with Gasteiger partial charge in [-0.15, -0.1) is 21.8 Å². The lowest BCUT2D eigenvalue weighted by Gasteiger charge is -2.19. The van der Waals surface area contributed by atoms with Crippen molar-refractivity contribution in [2.45, 2.75) is 18.8 Å². The molecule has 2 aromatic rings. The first-order valence-corrected chi connectivity index (χ1v) is 6.53. The molecule has 0 atom stereocenters. The third-order valence-electron chi connectivity index (χ3n) is 2.90. The summed E-state index contributed by atoms with van der Waals surface area (Å²) in [5.74, 6) is 1.24. The first-order valence-electron chi connectivity index (χ1n) is 6.00. The van der Waals surface area contributed by atoms with Gasteiger partial charge in [-0.1, -0.05) is 18.2 Å². The molecule has 0 saturated carbocycles. The Labute approximate surface area is 112 Å². The van der Waals surface area contributed by atoms with E-state index in [9.17, 15) is 0 Å². The lowest BCUT2D eigenvalue weighted by molar-refractivity contribution is 0.619. The van der Waals surface area contributed by atoms with Crippen LogP contribution >= 0.6 is 11.6 Å². The van der Waals surface area contributed by atoms with E-state index in [1.807, 2.05) is 10.6 Å². The molecule has 1 heterocycles. The average molecular weight is 265 g/mol. The molecule has 0 unspecified atom stereocenters. The third kappa shape index (κ3) is 3.23. The quantitative estimate of drug-likeness (QED) is 0.752. The number of hydrogen-bond acceptors (Lipinski definition) is 3. The largest absolute Gasteiger partial charge is 0.375 e. The molecule has 0 fully saturated rings. The zero-order valence-corrected chi connectivity index (χ0v) is 11.2. The van der Waals surface area contributed by atoms with Crippen LogP contribution in [0.1, 0.15) is 12.2 Å². The monoisotopic (exact) mass is 264 g/mol. The zero-order chi connectivity index (χ0) is 12.8. The molecule has 0 bridgehead atoms. The van der Waals surface area contributed by atoms with Crippen molar-refractivity contribution in [3.8, 4) is 0 Å². The van der Waals surface area contributed by atoms with Gasteiger partial charge < -0.3 is 9.47 Å². The molecule has 0 aliphatic heterocycles. The smallest absolute Gasteiger partial charge is 0.147 e. The standard InChI is InChI=1S/C13H17ClN4/c1-17(12-6-3-2-4-7-12)8-5-9-18-11-15-16-13(18)10-14/h2-4,6-7,11H,5,8-10H2,1H3. The number of aromatic nitrogens is 3. The second-order valence-corrected chi connectivity index (χ2v) is 4.45. The van der Waals surface area contributed by atoms with Gasteiger partial charge in [-0.2, -0.15) is 0 Å². The van der Waals surface area contributed by atoms with Crippen molar-refractivity contribution in [1.82, 2.24) is 14.8 Å². The highest BCUT2D eigenvalue weighted by molar-refractivity contribution is 6.16. The summed E-state index contributed by atoms with van der Waals surface area (Å²) in [7, 11) is 2.10. The van der Waals surface area contributed by atoms with Crippen LogP contribution in [0.4, 0.5) is 5.69 Å². The van der Waals surface area contributed by atoms with E-state index < -0.39 is 0 Å². The first-order chi connectivity index (χ1) is 8.81. The number of rotatable bonds is 6. The van der Waals surface area contributed by atoms with Gasteiger partial charge in [0.05, 0.1) is 5.88 Å². The Morgan fingerprint density at radius 3 is 2.78 bits per heavy atom. The Bertz CT molecular complexity index is 469. The van der Waals surface area contributed by atoms with Crippen LogP contribution in [0.2, 0.25) is 0 Å². The minimum atomic E-state index is 0.411. The summed E-state index contributed by atoms with van der Waals surface area (Å²) in [6, 6.07) is 10.4. The fraction of sp³-hybridized carbons (Fsp3) is 0.385. The molecule has 18 heavy (non-hydrogen) atoms. The van der Waals surface area contributed by atoms with E-state index in [-0.39, 0.29) is 0 Å². The highest BCUT2D eigenvalue weighted by Crippen LogP contribution is 2.11. The Morgan fingerprint density at radius 2 is 2.06 bits per heavy atom. The van der Waals surface area contributed by atoms with Gasteiger partial charge >= 0.3 is 0 Å². The molecule has 5 heteroatoms. The summed E-state index contributed by atoms with van der Waals surface area (Å²) in [6.45, 7) is 1.89. The average Bonchev–Trinajstić information content (AvgIpc) is 2.87. The fourth-order valence-electron chi connectivity index (χ4n) is 1.86. The minimum Gasteiger partial charge on any atom is -0.375 e. The molecule has 96 valence electrons. The van der Waals surface area contributed by atoms with Crippen molar-refractivity contribution in [2.75, 3.05) is 18.5 Å². The summed E-state index contributed by atoms with van der Waals surface area (Å²) in [4.78, 5) is 2.24. The number of alkyl halides is 1. The fourth-order valence-corrected chi connectivity index (χ4v) is 2.07. The lowest BCUT2D eigenvalue weighted by atomic mass is 10.3. The van der Waals surface area contributed by atoms with Gasteiger partial charge in [0, 0.05) is 25.8 Å². The van der Waals surface area contributed by atoms with Crippen LogP contribution in [0.5, 0.6) is 0 Å². The van der Waals surface area contributed by atoms with Crippen molar-refractivity contribution in [3.63, 3.8) is 0 Å². The number of aryl methyl sites for hydroxylation is 1. The lowest BCUT2D eigenvalue weighted by Crippen LogP contribution is -2.20. The van der Waals surface area contributed by atoms with E-state index in [1.54, 1.807) is 6.33 Å². The first kappa shape index (κ1) is 12.9. The van der Waals surface area contributed by atoms with Crippen molar-refractivity contribution in [2.24, 2.45) is 0 Å².